The average Bonchev–Trinajstić information content (AvgIpc) is 3.20. The third-order valence-corrected chi connectivity index (χ3v) is 9.78. The number of nitrogens with one attached hydrogen (secondary N) is 2. The van der Waals surface area contributed by atoms with E-state index in [4.69, 9.17) is 47.2 Å². The van der Waals surface area contributed by atoms with Crippen LogP contribution in [0.1, 0.15) is 154 Å². The van der Waals surface area contributed by atoms with Crippen molar-refractivity contribution in [3.05, 3.63) is 0 Å². The molecule has 14 N–H and O–H groups in total. The molecule has 15 heteroatoms. The zero-order valence-electron chi connectivity index (χ0n) is 36.3. The molecule has 0 aromatic rings. The fraction of sp³-hybridized carbons (Fsp3) is 0.791. The van der Waals surface area contributed by atoms with Gasteiger partial charge in [0.15, 0.2) is 23.8 Å². The number of hydrogen-bond donors (Lipinski definition) is 8. The number of amides is 2. The Morgan fingerprint density at radius 2 is 0.638 bits per heavy atom. The second-order valence-electron chi connectivity index (χ2n) is 15.0. The molecule has 0 heterocycles. The monoisotopic (exact) mass is 813 g/mol. The molecule has 0 aromatic heterocycles. The predicted molar refractivity (Wildman–Crippen MR) is 247 cm³/mol. The summed E-state index contributed by atoms with van der Waals surface area (Å²) in [5, 5.41) is 5.79. The largest absolute Gasteiger partial charge is 0.370 e. The lowest BCUT2D eigenvalue weighted by Crippen LogP contribution is -2.45. The highest BCUT2D eigenvalue weighted by Gasteiger charge is 2.20. The second kappa shape index (κ2) is 40.7. The molecule has 332 valence electrons. The number of nitrogens with zero attached hydrogens (tertiary/aromatic N) is 6. The van der Waals surface area contributed by atoms with Gasteiger partial charge in [-0.2, -0.15) is 0 Å². The number of hydrogen-bond acceptors (Lipinski definition) is 5. The Morgan fingerprint density at radius 3 is 0.897 bits per heavy atom. The number of carbonyl (C=O) groups is 1. The van der Waals surface area contributed by atoms with Crippen LogP contribution in [0.15, 0.2) is 20.0 Å². The van der Waals surface area contributed by atoms with E-state index in [9.17, 15) is 4.79 Å². The lowest BCUT2D eigenvalue weighted by atomic mass is 10.1. The molecule has 0 aliphatic carbocycles. The predicted octanol–water partition coefficient (Wildman–Crippen LogP) is 4.69. The molecule has 0 spiro atoms. The highest BCUT2D eigenvalue weighted by molar-refractivity contribution is 5.78. The molecular weight excluding hydrogens is 729 g/mol. The minimum absolute atomic E-state index is 0.157. The zero-order chi connectivity index (χ0) is 42.7. The van der Waals surface area contributed by atoms with Crippen LogP contribution < -0.4 is 45.0 Å². The first-order valence-corrected chi connectivity index (χ1v) is 22.3. The number of guanidine groups is 4. The number of unbranched alkanes of at least 4 members (excludes halogenated alkanes) is 20. The smallest absolute Gasteiger partial charge is 0.319 e. The van der Waals surface area contributed by atoms with Gasteiger partial charge in [0.2, 0.25) is 0 Å². The van der Waals surface area contributed by atoms with Crippen molar-refractivity contribution in [2.75, 3.05) is 65.4 Å². The van der Waals surface area contributed by atoms with Crippen molar-refractivity contribution >= 4 is 29.9 Å². The van der Waals surface area contributed by atoms with Gasteiger partial charge in [-0.05, 0) is 51.4 Å². The summed E-state index contributed by atoms with van der Waals surface area (Å²) in [5.74, 6) is 6.13. The van der Waals surface area contributed by atoms with Gasteiger partial charge in [-0.25, -0.2) is 4.79 Å². The summed E-state index contributed by atoms with van der Waals surface area (Å²) in [7, 11) is 0. The van der Waals surface area contributed by atoms with Crippen molar-refractivity contribution in [1.29, 1.82) is 0 Å². The van der Waals surface area contributed by atoms with Crippen LogP contribution in [0.4, 0.5) is 4.79 Å². The molecule has 0 fully saturated rings. The van der Waals surface area contributed by atoms with Crippen LogP contribution in [0.3, 0.4) is 0 Å². The highest BCUT2D eigenvalue weighted by Crippen LogP contribution is 2.15. The molecule has 58 heavy (non-hydrogen) atoms. The third kappa shape index (κ3) is 37.1. The van der Waals surface area contributed by atoms with Crippen molar-refractivity contribution in [2.24, 2.45) is 54.4 Å². The van der Waals surface area contributed by atoms with Gasteiger partial charge in [0.25, 0.3) is 0 Å². The number of nitrogens with two attached hydrogens (primary N) is 6. The van der Waals surface area contributed by atoms with Crippen molar-refractivity contribution in [3.63, 3.8) is 0 Å². The Bertz CT molecular complexity index is 1110. The van der Waals surface area contributed by atoms with E-state index in [2.05, 4.69) is 52.2 Å². The third-order valence-electron chi connectivity index (χ3n) is 9.78. The first-order valence-electron chi connectivity index (χ1n) is 22.3. The van der Waals surface area contributed by atoms with Gasteiger partial charge in [-0.1, -0.05) is 115 Å². The molecule has 0 atom stereocenters. The van der Waals surface area contributed by atoms with Gasteiger partial charge in [-0.3, -0.25) is 20.0 Å². The minimum atomic E-state index is 0.157. The van der Waals surface area contributed by atoms with E-state index in [-0.39, 0.29) is 18.0 Å². The van der Waals surface area contributed by atoms with Crippen LogP contribution in [0, 0.1) is 24.7 Å². The normalized spacial score (nSPS) is 11.3. The van der Waals surface area contributed by atoms with Crippen LogP contribution in [-0.4, -0.2) is 105 Å². The summed E-state index contributed by atoms with van der Waals surface area (Å²) in [6.07, 6.45) is 36.6. The highest BCUT2D eigenvalue weighted by atomic mass is 16.2. The van der Waals surface area contributed by atoms with Crippen LogP contribution in [0.2, 0.25) is 0 Å². The minimum Gasteiger partial charge on any atom is -0.370 e. The summed E-state index contributed by atoms with van der Waals surface area (Å²) in [4.78, 5) is 35.4. The van der Waals surface area contributed by atoms with E-state index in [1.807, 2.05) is 0 Å². The summed E-state index contributed by atoms with van der Waals surface area (Å²) in [6, 6.07) is 0.206. The number of urea groups is 1. The molecule has 0 rings (SSSR count). The van der Waals surface area contributed by atoms with Gasteiger partial charge in [-0.15, -0.1) is 12.8 Å². The number of aliphatic imine (C=N–C) groups is 4. The van der Waals surface area contributed by atoms with E-state index < -0.39 is 0 Å². The number of rotatable bonds is 38. The fourth-order valence-electron chi connectivity index (χ4n) is 6.50. The summed E-state index contributed by atoms with van der Waals surface area (Å²) >= 11 is 0. The van der Waals surface area contributed by atoms with Crippen molar-refractivity contribution in [2.45, 2.75) is 154 Å². The van der Waals surface area contributed by atoms with E-state index in [1.54, 1.807) is 0 Å². The van der Waals surface area contributed by atoms with E-state index in [0.29, 0.717) is 51.2 Å². The molecule has 0 aromatic carbocycles. The molecule has 0 bridgehead atoms. The van der Waals surface area contributed by atoms with E-state index >= 15 is 0 Å². The molecule has 0 saturated carbocycles. The summed E-state index contributed by atoms with van der Waals surface area (Å²) < 4.78 is 0. The maximum absolute atomic E-state index is 14.3. The van der Waals surface area contributed by atoms with Crippen molar-refractivity contribution < 1.29 is 4.79 Å². The Morgan fingerprint density at radius 1 is 0.397 bits per heavy atom. The van der Waals surface area contributed by atoms with Gasteiger partial charge in [0, 0.05) is 52.4 Å². The molecule has 0 radical (unpaired) electrons. The second-order valence-corrected chi connectivity index (χ2v) is 15.0. The molecule has 15 nitrogen and oxygen atoms in total. The first kappa shape index (κ1) is 53.5. The SMILES string of the molecule is C#CCNC(N)=NCCCCCCCCN(CCCCCCCCN=C(N)N)C(=O)N(CCCCCCCCN=C(N)N)CCCCCCCCN=C(N)NCC#C. The van der Waals surface area contributed by atoms with Gasteiger partial charge in [0.1, 0.15) is 0 Å². The maximum Gasteiger partial charge on any atom is 0.319 e. The number of carbonyl (C=O) groups excluding carboxylic acids is 1. The summed E-state index contributed by atoms with van der Waals surface area (Å²) in [6.45, 7) is 6.76. The Kier molecular flexibility index (Phi) is 37.5. The van der Waals surface area contributed by atoms with Crippen LogP contribution in [0.25, 0.3) is 0 Å². The van der Waals surface area contributed by atoms with Gasteiger partial charge in [0.05, 0.1) is 13.1 Å². The van der Waals surface area contributed by atoms with Gasteiger partial charge < -0.3 is 54.8 Å². The maximum atomic E-state index is 14.3. The van der Waals surface area contributed by atoms with Crippen molar-refractivity contribution in [3.8, 4) is 24.7 Å². The molecule has 0 aliphatic heterocycles. The lowest BCUT2D eigenvalue weighted by Gasteiger charge is -2.31. The van der Waals surface area contributed by atoms with Crippen LogP contribution in [-0.2, 0) is 0 Å². The van der Waals surface area contributed by atoms with Crippen molar-refractivity contribution in [1.82, 2.24) is 20.4 Å². The van der Waals surface area contributed by atoms with Gasteiger partial charge >= 0.3 is 6.03 Å². The Labute approximate surface area is 352 Å². The van der Waals surface area contributed by atoms with Crippen LogP contribution in [0.5, 0.6) is 0 Å². The molecular formula is C43H84N14O. The van der Waals surface area contributed by atoms with E-state index in [0.717, 1.165) is 180 Å². The Balaban J connectivity index is 5.15. The standard InChI is InChI=1S/C43H84N14O/c1-3-29-52-41(48)54-33-23-15-7-11-19-27-37-56(35-25-17-9-5-13-21-31-50-39(44)45)43(58)57(36-26-18-10-6-14-22-32-51-40(46)47)38-28-20-12-8-16-24-34-55-42(49)53-30-4-2/h1-2H,5-38H2,(H4,44,45,50)(H4,46,47,51)(H3,48,52,54)(H3,49,53,55). The van der Waals surface area contributed by atoms with E-state index in [1.165, 1.54) is 0 Å². The quantitative estimate of drug-likeness (QED) is 0.0186. The summed E-state index contributed by atoms with van der Waals surface area (Å²) in [5.41, 5.74) is 33.4. The molecule has 2 amide bonds. The topological polar surface area (TPSA) is 253 Å². The zero-order valence-corrected chi connectivity index (χ0v) is 36.3. The molecule has 0 saturated heterocycles. The average molecular weight is 813 g/mol. The fourth-order valence-corrected chi connectivity index (χ4v) is 6.50. The van der Waals surface area contributed by atoms with Crippen LogP contribution >= 0.6 is 0 Å². The molecule has 0 unspecified atom stereocenters. The lowest BCUT2D eigenvalue weighted by molar-refractivity contribution is 0.148. The molecule has 0 aliphatic rings. The Hall–Kier alpha value is -4.53. The first-order chi connectivity index (χ1) is 28.2. The number of terminal acetylenes is 2.